The summed E-state index contributed by atoms with van der Waals surface area (Å²) in [6.07, 6.45) is -0.906. The molecule has 0 aliphatic carbocycles. The van der Waals surface area contributed by atoms with Gasteiger partial charge in [0.2, 0.25) is 6.79 Å². The van der Waals surface area contributed by atoms with Crippen LogP contribution in [0.1, 0.15) is 5.56 Å². The van der Waals surface area contributed by atoms with Gasteiger partial charge in [0.25, 0.3) is 5.69 Å². The highest BCUT2D eigenvalue weighted by molar-refractivity contribution is 5.64. The number of carbonyl (C=O) groups excluding carboxylic acids is 1. The third kappa shape index (κ3) is 3.49. The zero-order chi connectivity index (χ0) is 16.2. The average Bonchev–Trinajstić information content (AvgIpc) is 3.01. The first-order valence-electron chi connectivity index (χ1n) is 6.59. The number of nitro benzene ring substituents is 1. The SMILES string of the molecule is O=C(OCc1ccc2c(c1)OCO2)Oc1ccc([N+](=O)[O-])cc1. The number of benzene rings is 2. The molecule has 8 heteroatoms. The Morgan fingerprint density at radius 3 is 2.61 bits per heavy atom. The fourth-order valence-electron chi connectivity index (χ4n) is 1.93. The molecule has 1 aliphatic heterocycles. The molecule has 0 amide bonds. The lowest BCUT2D eigenvalue weighted by Crippen LogP contribution is -2.10. The number of non-ortho nitro benzene ring substituents is 1. The lowest BCUT2D eigenvalue weighted by Gasteiger charge is -2.06. The quantitative estimate of drug-likeness (QED) is 0.370. The molecule has 0 saturated heterocycles. The largest absolute Gasteiger partial charge is 0.514 e. The number of ether oxygens (including phenoxy) is 4. The highest BCUT2D eigenvalue weighted by Crippen LogP contribution is 2.32. The molecule has 118 valence electrons. The van der Waals surface area contributed by atoms with Gasteiger partial charge < -0.3 is 18.9 Å². The van der Waals surface area contributed by atoms with Gasteiger partial charge in [0, 0.05) is 12.1 Å². The highest BCUT2D eigenvalue weighted by Gasteiger charge is 2.14. The molecule has 0 bridgehead atoms. The summed E-state index contributed by atoms with van der Waals surface area (Å²) in [5, 5.41) is 10.5. The Hall–Kier alpha value is -3.29. The van der Waals surface area contributed by atoms with E-state index in [0.29, 0.717) is 11.5 Å². The molecule has 0 fully saturated rings. The van der Waals surface area contributed by atoms with Crippen molar-refractivity contribution in [2.45, 2.75) is 6.61 Å². The number of fused-ring (bicyclic) bond motifs is 1. The summed E-state index contributed by atoms with van der Waals surface area (Å²) in [4.78, 5) is 21.6. The number of hydrogen-bond donors (Lipinski definition) is 0. The van der Waals surface area contributed by atoms with Gasteiger partial charge >= 0.3 is 6.16 Å². The number of nitrogens with zero attached hydrogens (tertiary/aromatic N) is 1. The average molecular weight is 317 g/mol. The van der Waals surface area contributed by atoms with Crippen LogP contribution in [-0.2, 0) is 11.3 Å². The molecular weight excluding hydrogens is 306 g/mol. The van der Waals surface area contributed by atoms with Crippen molar-refractivity contribution in [3.05, 3.63) is 58.1 Å². The number of carbonyl (C=O) groups is 1. The molecule has 0 spiro atoms. The van der Waals surface area contributed by atoms with Crippen LogP contribution in [0.4, 0.5) is 10.5 Å². The summed E-state index contributed by atoms with van der Waals surface area (Å²) in [6.45, 7) is 0.171. The molecule has 0 N–H and O–H groups in total. The molecule has 2 aromatic carbocycles. The minimum atomic E-state index is -0.906. The van der Waals surface area contributed by atoms with E-state index in [0.717, 1.165) is 5.56 Å². The van der Waals surface area contributed by atoms with Gasteiger partial charge in [-0.15, -0.1) is 0 Å². The maximum Gasteiger partial charge on any atom is 0.514 e. The minimum Gasteiger partial charge on any atom is -0.454 e. The maximum absolute atomic E-state index is 11.6. The van der Waals surface area contributed by atoms with Crippen molar-refractivity contribution in [3.63, 3.8) is 0 Å². The molecule has 1 heterocycles. The van der Waals surface area contributed by atoms with Gasteiger partial charge in [-0.1, -0.05) is 6.07 Å². The second kappa shape index (κ2) is 6.22. The van der Waals surface area contributed by atoms with Crippen molar-refractivity contribution in [1.29, 1.82) is 0 Å². The van der Waals surface area contributed by atoms with Crippen LogP contribution in [0.25, 0.3) is 0 Å². The van der Waals surface area contributed by atoms with Crippen molar-refractivity contribution in [1.82, 2.24) is 0 Å². The zero-order valence-electron chi connectivity index (χ0n) is 11.8. The summed E-state index contributed by atoms with van der Waals surface area (Å²) in [6, 6.07) is 10.3. The van der Waals surface area contributed by atoms with Gasteiger partial charge in [0.1, 0.15) is 12.4 Å². The fourth-order valence-corrected chi connectivity index (χ4v) is 1.93. The van der Waals surface area contributed by atoms with Crippen LogP contribution in [-0.4, -0.2) is 17.9 Å². The van der Waals surface area contributed by atoms with Gasteiger partial charge in [0.05, 0.1) is 4.92 Å². The molecule has 0 unspecified atom stereocenters. The standard InChI is InChI=1S/C15H11NO7/c17-15(23-12-4-2-11(3-5-12)16(18)19)20-8-10-1-6-13-14(7-10)22-9-21-13/h1-7H,8-9H2. The third-order valence-electron chi connectivity index (χ3n) is 3.04. The summed E-state index contributed by atoms with van der Waals surface area (Å²) in [5.41, 5.74) is 0.626. The highest BCUT2D eigenvalue weighted by atomic mass is 16.7. The van der Waals surface area contributed by atoms with Gasteiger partial charge in [-0.2, -0.15) is 0 Å². The Balaban J connectivity index is 1.54. The molecule has 0 radical (unpaired) electrons. The van der Waals surface area contributed by atoms with Crippen LogP contribution < -0.4 is 14.2 Å². The van der Waals surface area contributed by atoms with E-state index in [2.05, 4.69) is 0 Å². The lowest BCUT2D eigenvalue weighted by atomic mass is 10.2. The summed E-state index contributed by atoms with van der Waals surface area (Å²) in [7, 11) is 0. The van der Waals surface area contributed by atoms with Crippen molar-refractivity contribution in [3.8, 4) is 17.2 Å². The predicted octanol–water partition coefficient (Wildman–Crippen LogP) is 3.04. The second-order valence-electron chi connectivity index (χ2n) is 4.58. The normalized spacial score (nSPS) is 11.8. The zero-order valence-corrected chi connectivity index (χ0v) is 11.8. The van der Waals surface area contributed by atoms with Gasteiger partial charge in [0.15, 0.2) is 11.5 Å². The first-order chi connectivity index (χ1) is 11.1. The summed E-state index contributed by atoms with van der Waals surface area (Å²) >= 11 is 0. The smallest absolute Gasteiger partial charge is 0.454 e. The van der Waals surface area contributed by atoms with Gasteiger partial charge in [-0.05, 0) is 29.8 Å². The van der Waals surface area contributed by atoms with Crippen molar-refractivity contribution >= 4 is 11.8 Å². The minimum absolute atomic E-state index is 0.00244. The number of nitro groups is 1. The Morgan fingerprint density at radius 2 is 1.87 bits per heavy atom. The van der Waals surface area contributed by atoms with Crippen LogP contribution in [0.15, 0.2) is 42.5 Å². The van der Waals surface area contributed by atoms with E-state index in [9.17, 15) is 14.9 Å². The Labute approximate surface area is 130 Å². The topological polar surface area (TPSA) is 97.1 Å². The summed E-state index contributed by atoms with van der Waals surface area (Å²) in [5.74, 6) is 1.39. The molecule has 8 nitrogen and oxygen atoms in total. The van der Waals surface area contributed by atoms with Crippen LogP contribution in [0.5, 0.6) is 17.2 Å². The van der Waals surface area contributed by atoms with Crippen LogP contribution in [0, 0.1) is 10.1 Å². The van der Waals surface area contributed by atoms with Crippen LogP contribution in [0.2, 0.25) is 0 Å². The molecular formula is C15H11NO7. The van der Waals surface area contributed by atoms with Gasteiger partial charge in [-0.3, -0.25) is 10.1 Å². The van der Waals surface area contributed by atoms with Crippen molar-refractivity contribution < 1.29 is 28.7 Å². The van der Waals surface area contributed by atoms with E-state index in [1.165, 1.54) is 24.3 Å². The van der Waals surface area contributed by atoms with E-state index in [1.54, 1.807) is 18.2 Å². The molecule has 2 aromatic rings. The van der Waals surface area contributed by atoms with E-state index < -0.39 is 11.1 Å². The molecule has 0 atom stereocenters. The van der Waals surface area contributed by atoms with E-state index in [-0.39, 0.29) is 24.8 Å². The number of rotatable bonds is 4. The van der Waals surface area contributed by atoms with Crippen molar-refractivity contribution in [2.24, 2.45) is 0 Å². The molecule has 1 aliphatic rings. The Kier molecular flexibility index (Phi) is 3.96. The second-order valence-corrected chi connectivity index (χ2v) is 4.58. The first kappa shape index (κ1) is 14.6. The first-order valence-corrected chi connectivity index (χ1v) is 6.59. The predicted molar refractivity (Wildman–Crippen MR) is 76.5 cm³/mol. The van der Waals surface area contributed by atoms with Crippen molar-refractivity contribution in [2.75, 3.05) is 6.79 Å². The van der Waals surface area contributed by atoms with Crippen LogP contribution in [0.3, 0.4) is 0 Å². The Bertz CT molecular complexity index is 742. The maximum atomic E-state index is 11.6. The monoisotopic (exact) mass is 317 g/mol. The number of hydrogen-bond acceptors (Lipinski definition) is 7. The molecule has 0 aromatic heterocycles. The Morgan fingerprint density at radius 1 is 1.13 bits per heavy atom. The molecule has 0 saturated carbocycles. The lowest BCUT2D eigenvalue weighted by molar-refractivity contribution is -0.384. The summed E-state index contributed by atoms with van der Waals surface area (Å²) < 4.78 is 20.3. The fraction of sp³-hybridized carbons (Fsp3) is 0.133. The third-order valence-corrected chi connectivity index (χ3v) is 3.04. The van der Waals surface area contributed by atoms with Crippen LogP contribution >= 0.6 is 0 Å². The van der Waals surface area contributed by atoms with E-state index >= 15 is 0 Å². The van der Waals surface area contributed by atoms with E-state index in [4.69, 9.17) is 18.9 Å². The molecule has 23 heavy (non-hydrogen) atoms. The molecule has 3 rings (SSSR count). The van der Waals surface area contributed by atoms with Gasteiger partial charge in [-0.25, -0.2) is 4.79 Å². The van der Waals surface area contributed by atoms with E-state index in [1.807, 2.05) is 0 Å².